The monoisotopic (exact) mass is 249 g/mol. The van der Waals surface area contributed by atoms with Crippen molar-refractivity contribution < 1.29 is 0 Å². The molecule has 1 aromatic rings. The SMILES string of the molecule is C[C@@H]1CCCCN1c1ccc(N)c(C#N)c1Cl. The normalized spacial score (nSPS) is 20.1. The minimum Gasteiger partial charge on any atom is -0.398 e. The maximum atomic E-state index is 9.06. The molecule has 0 unspecified atom stereocenters. The second-order valence-corrected chi connectivity index (χ2v) is 4.89. The third-order valence-electron chi connectivity index (χ3n) is 3.38. The molecule has 17 heavy (non-hydrogen) atoms. The highest BCUT2D eigenvalue weighted by molar-refractivity contribution is 6.34. The topological polar surface area (TPSA) is 53.0 Å². The molecule has 2 rings (SSSR count). The number of nitrogens with zero attached hydrogens (tertiary/aromatic N) is 2. The van der Waals surface area contributed by atoms with Gasteiger partial charge in [-0.3, -0.25) is 0 Å². The number of anilines is 2. The van der Waals surface area contributed by atoms with Crippen molar-refractivity contribution in [2.75, 3.05) is 17.2 Å². The summed E-state index contributed by atoms with van der Waals surface area (Å²) in [5.41, 5.74) is 7.51. The molecule has 3 nitrogen and oxygen atoms in total. The first-order chi connectivity index (χ1) is 8.15. The van der Waals surface area contributed by atoms with Crippen LogP contribution in [0, 0.1) is 11.3 Å². The average Bonchev–Trinajstić information content (AvgIpc) is 2.31. The minimum absolute atomic E-state index is 0.391. The van der Waals surface area contributed by atoms with E-state index in [4.69, 9.17) is 22.6 Å². The van der Waals surface area contributed by atoms with Crippen LogP contribution in [-0.4, -0.2) is 12.6 Å². The zero-order chi connectivity index (χ0) is 12.4. The van der Waals surface area contributed by atoms with E-state index in [9.17, 15) is 0 Å². The van der Waals surface area contributed by atoms with Gasteiger partial charge in [0.2, 0.25) is 0 Å². The van der Waals surface area contributed by atoms with Gasteiger partial charge in [0.25, 0.3) is 0 Å². The van der Waals surface area contributed by atoms with E-state index in [-0.39, 0.29) is 0 Å². The Morgan fingerprint density at radius 2 is 2.24 bits per heavy atom. The fraction of sp³-hybridized carbons (Fsp3) is 0.462. The molecule has 1 heterocycles. The van der Waals surface area contributed by atoms with Gasteiger partial charge in [-0.05, 0) is 38.3 Å². The molecule has 0 aliphatic carbocycles. The first kappa shape index (κ1) is 12.1. The molecule has 1 atom stereocenters. The summed E-state index contributed by atoms with van der Waals surface area (Å²) in [6.07, 6.45) is 3.60. The summed E-state index contributed by atoms with van der Waals surface area (Å²) in [6, 6.07) is 6.23. The van der Waals surface area contributed by atoms with Crippen molar-refractivity contribution >= 4 is 23.0 Å². The first-order valence-corrected chi connectivity index (χ1v) is 6.27. The molecule has 1 saturated heterocycles. The van der Waals surface area contributed by atoms with E-state index in [0.717, 1.165) is 12.2 Å². The number of nitrogens with two attached hydrogens (primary N) is 1. The van der Waals surface area contributed by atoms with E-state index in [1.807, 2.05) is 6.07 Å². The van der Waals surface area contributed by atoms with E-state index in [1.54, 1.807) is 6.07 Å². The molecular weight excluding hydrogens is 234 g/mol. The summed E-state index contributed by atoms with van der Waals surface area (Å²) in [6.45, 7) is 3.19. The molecule has 1 aliphatic rings. The molecule has 0 saturated carbocycles. The summed E-state index contributed by atoms with van der Waals surface area (Å²) in [7, 11) is 0. The third-order valence-corrected chi connectivity index (χ3v) is 3.76. The van der Waals surface area contributed by atoms with Gasteiger partial charge in [-0.2, -0.15) is 5.26 Å². The van der Waals surface area contributed by atoms with E-state index >= 15 is 0 Å². The van der Waals surface area contributed by atoms with Crippen LogP contribution in [0.5, 0.6) is 0 Å². The van der Waals surface area contributed by atoms with E-state index < -0.39 is 0 Å². The quantitative estimate of drug-likeness (QED) is 0.778. The second-order valence-electron chi connectivity index (χ2n) is 4.51. The van der Waals surface area contributed by atoms with Crippen LogP contribution in [0.4, 0.5) is 11.4 Å². The Balaban J connectivity index is 2.42. The van der Waals surface area contributed by atoms with Gasteiger partial charge in [0, 0.05) is 12.6 Å². The van der Waals surface area contributed by atoms with Gasteiger partial charge in [-0.1, -0.05) is 11.6 Å². The van der Waals surface area contributed by atoms with E-state index in [0.29, 0.717) is 22.3 Å². The van der Waals surface area contributed by atoms with Crippen LogP contribution in [-0.2, 0) is 0 Å². The van der Waals surface area contributed by atoms with Gasteiger partial charge in [-0.15, -0.1) is 0 Å². The zero-order valence-corrected chi connectivity index (χ0v) is 10.7. The van der Waals surface area contributed by atoms with Crippen LogP contribution in [0.1, 0.15) is 31.7 Å². The van der Waals surface area contributed by atoms with Crippen LogP contribution in [0.2, 0.25) is 5.02 Å². The van der Waals surface area contributed by atoms with Gasteiger partial charge in [0.15, 0.2) is 0 Å². The Bertz CT molecular complexity index is 464. The molecule has 0 aromatic heterocycles. The van der Waals surface area contributed by atoms with Crippen molar-refractivity contribution in [3.8, 4) is 6.07 Å². The Labute approximate surface area is 107 Å². The number of piperidine rings is 1. The summed E-state index contributed by atoms with van der Waals surface area (Å²) in [5, 5.41) is 9.54. The molecule has 1 fully saturated rings. The largest absolute Gasteiger partial charge is 0.398 e. The standard InChI is InChI=1S/C13H16ClN3/c1-9-4-2-3-7-17(9)12-6-5-11(16)10(8-15)13(12)14/h5-6,9H,2-4,7,16H2,1H3/t9-/m1/s1. The lowest BCUT2D eigenvalue weighted by atomic mass is 10.0. The van der Waals surface area contributed by atoms with Crippen LogP contribution in [0.25, 0.3) is 0 Å². The highest BCUT2D eigenvalue weighted by atomic mass is 35.5. The molecule has 0 spiro atoms. The smallest absolute Gasteiger partial charge is 0.103 e. The fourth-order valence-corrected chi connectivity index (χ4v) is 2.69. The molecule has 1 aliphatic heterocycles. The lowest BCUT2D eigenvalue weighted by Crippen LogP contribution is -2.37. The van der Waals surface area contributed by atoms with E-state index in [2.05, 4.69) is 17.9 Å². The predicted molar refractivity (Wildman–Crippen MR) is 71.2 cm³/mol. The Morgan fingerprint density at radius 3 is 2.88 bits per heavy atom. The molecule has 4 heteroatoms. The van der Waals surface area contributed by atoms with Gasteiger partial charge in [0.05, 0.1) is 22.0 Å². The van der Waals surface area contributed by atoms with E-state index in [1.165, 1.54) is 19.3 Å². The van der Waals surface area contributed by atoms with Gasteiger partial charge in [0.1, 0.15) is 6.07 Å². The summed E-state index contributed by atoms with van der Waals surface area (Å²) in [4.78, 5) is 2.27. The van der Waals surface area contributed by atoms with Crippen molar-refractivity contribution in [1.82, 2.24) is 0 Å². The van der Waals surface area contributed by atoms with Crippen LogP contribution >= 0.6 is 11.6 Å². The van der Waals surface area contributed by atoms with Crippen LogP contribution < -0.4 is 10.6 Å². The predicted octanol–water partition coefficient (Wildman–Crippen LogP) is 3.17. The molecule has 0 radical (unpaired) electrons. The fourth-order valence-electron chi connectivity index (χ4n) is 2.37. The number of nitrogen functional groups attached to an aromatic ring is 1. The van der Waals surface area contributed by atoms with Gasteiger partial charge < -0.3 is 10.6 Å². The van der Waals surface area contributed by atoms with Crippen molar-refractivity contribution in [2.45, 2.75) is 32.2 Å². The van der Waals surface area contributed by atoms with Crippen LogP contribution in [0.3, 0.4) is 0 Å². The third kappa shape index (κ3) is 2.18. The summed E-state index contributed by atoms with van der Waals surface area (Å²) >= 11 is 6.27. The maximum absolute atomic E-state index is 9.06. The van der Waals surface area contributed by atoms with Crippen LogP contribution in [0.15, 0.2) is 12.1 Å². The minimum atomic E-state index is 0.391. The molecule has 0 amide bonds. The Kier molecular flexibility index (Phi) is 3.44. The first-order valence-electron chi connectivity index (χ1n) is 5.90. The lowest BCUT2D eigenvalue weighted by molar-refractivity contribution is 0.485. The molecule has 90 valence electrons. The Morgan fingerprint density at radius 1 is 1.47 bits per heavy atom. The number of halogens is 1. The molecule has 2 N–H and O–H groups in total. The number of hydrogen-bond acceptors (Lipinski definition) is 3. The average molecular weight is 250 g/mol. The Hall–Kier alpha value is -1.40. The molecule has 1 aromatic carbocycles. The van der Waals surface area contributed by atoms with Crippen molar-refractivity contribution in [1.29, 1.82) is 5.26 Å². The zero-order valence-electron chi connectivity index (χ0n) is 9.91. The van der Waals surface area contributed by atoms with Gasteiger partial charge in [-0.25, -0.2) is 0 Å². The molecular formula is C13H16ClN3. The van der Waals surface area contributed by atoms with Crippen molar-refractivity contribution in [3.05, 3.63) is 22.7 Å². The molecule has 0 bridgehead atoms. The van der Waals surface area contributed by atoms with Gasteiger partial charge >= 0.3 is 0 Å². The maximum Gasteiger partial charge on any atom is 0.103 e. The second kappa shape index (κ2) is 4.85. The lowest BCUT2D eigenvalue weighted by Gasteiger charge is -2.36. The highest BCUT2D eigenvalue weighted by Gasteiger charge is 2.22. The number of benzene rings is 1. The number of nitriles is 1. The van der Waals surface area contributed by atoms with Crippen molar-refractivity contribution in [3.63, 3.8) is 0 Å². The summed E-state index contributed by atoms with van der Waals surface area (Å²) < 4.78 is 0. The van der Waals surface area contributed by atoms with Crippen molar-refractivity contribution in [2.24, 2.45) is 0 Å². The number of rotatable bonds is 1. The summed E-state index contributed by atoms with van der Waals surface area (Å²) in [5.74, 6) is 0. The highest BCUT2D eigenvalue weighted by Crippen LogP contribution is 2.35. The number of hydrogen-bond donors (Lipinski definition) is 1.